The van der Waals surface area contributed by atoms with E-state index in [9.17, 15) is 4.79 Å². The maximum absolute atomic E-state index is 12.4. The summed E-state index contributed by atoms with van der Waals surface area (Å²) in [6, 6.07) is 13.5. The third-order valence-corrected chi connectivity index (χ3v) is 3.68. The van der Waals surface area contributed by atoms with Crippen LogP contribution in [0.1, 0.15) is 30.2 Å². The molecular formula is C17H17N5O2. The number of rotatable bonds is 5. The first-order valence-electron chi connectivity index (χ1n) is 7.68. The number of hydrogen-bond donors (Lipinski definition) is 1. The zero-order valence-electron chi connectivity index (χ0n) is 13.3. The van der Waals surface area contributed by atoms with Crippen LogP contribution < -0.4 is 5.32 Å². The minimum atomic E-state index is -0.313. The fourth-order valence-electron chi connectivity index (χ4n) is 2.52. The summed E-state index contributed by atoms with van der Waals surface area (Å²) in [4.78, 5) is 17.8. The first-order chi connectivity index (χ1) is 11.7. The zero-order valence-corrected chi connectivity index (χ0v) is 13.3. The number of oxime groups is 1. The van der Waals surface area contributed by atoms with Crippen molar-refractivity contribution in [2.24, 2.45) is 5.16 Å². The topological polar surface area (TPSA) is 92.3 Å². The molecule has 0 radical (unpaired) electrons. The number of nitrogens with zero attached hydrogens (tertiary/aromatic N) is 4. The fourth-order valence-corrected chi connectivity index (χ4v) is 2.52. The number of carbonyl (C=O) groups excluding carboxylic acids is 1. The van der Waals surface area contributed by atoms with Crippen molar-refractivity contribution in [3.8, 4) is 6.07 Å². The summed E-state index contributed by atoms with van der Waals surface area (Å²) in [5, 5.41) is 19.7. The largest absolute Gasteiger partial charge is 0.387 e. The second kappa shape index (κ2) is 6.96. The third-order valence-electron chi connectivity index (χ3n) is 3.68. The average Bonchev–Trinajstić information content (AvgIpc) is 3.21. The van der Waals surface area contributed by atoms with Gasteiger partial charge in [0.15, 0.2) is 6.10 Å². The highest BCUT2D eigenvalue weighted by atomic mass is 16.6. The van der Waals surface area contributed by atoms with Crippen molar-refractivity contribution in [2.75, 3.05) is 5.32 Å². The number of amides is 1. The molecule has 1 aliphatic heterocycles. The molecule has 2 aromatic rings. The van der Waals surface area contributed by atoms with Crippen molar-refractivity contribution in [3.05, 3.63) is 47.7 Å². The fraction of sp³-hybridized carbons (Fsp3) is 0.294. The Kier molecular flexibility index (Phi) is 4.57. The summed E-state index contributed by atoms with van der Waals surface area (Å²) in [5.41, 5.74) is 2.10. The summed E-state index contributed by atoms with van der Waals surface area (Å²) >= 11 is 0. The molecule has 3 rings (SSSR count). The van der Waals surface area contributed by atoms with E-state index in [1.807, 2.05) is 37.3 Å². The van der Waals surface area contributed by atoms with E-state index in [2.05, 4.69) is 21.6 Å². The van der Waals surface area contributed by atoms with E-state index < -0.39 is 0 Å². The maximum atomic E-state index is 12.4. The van der Waals surface area contributed by atoms with Gasteiger partial charge in [0.05, 0.1) is 24.7 Å². The van der Waals surface area contributed by atoms with E-state index in [4.69, 9.17) is 10.1 Å². The predicted octanol–water partition coefficient (Wildman–Crippen LogP) is 2.56. The van der Waals surface area contributed by atoms with Crippen LogP contribution in [0.4, 0.5) is 5.82 Å². The van der Waals surface area contributed by atoms with Gasteiger partial charge in [-0.15, -0.1) is 0 Å². The van der Waals surface area contributed by atoms with E-state index in [1.165, 1.54) is 0 Å². The first-order valence-corrected chi connectivity index (χ1v) is 7.68. The molecular weight excluding hydrogens is 306 g/mol. The first kappa shape index (κ1) is 15.7. The monoisotopic (exact) mass is 323 g/mol. The number of hydrogen-bond acceptors (Lipinski definition) is 5. The molecule has 0 saturated carbocycles. The quantitative estimate of drug-likeness (QED) is 0.915. The van der Waals surface area contributed by atoms with Crippen molar-refractivity contribution in [1.29, 1.82) is 5.26 Å². The van der Waals surface area contributed by atoms with Crippen LogP contribution in [0.5, 0.6) is 0 Å². The Morgan fingerprint density at radius 3 is 3.00 bits per heavy atom. The molecule has 1 aromatic carbocycles. The van der Waals surface area contributed by atoms with Crippen LogP contribution in [0, 0.1) is 18.3 Å². The standard InChI is InChI=1S/C17H17N5O2/c1-12-10-16(22(20-12)9-5-8-18)19-17(23)14-11-15(24-21-14)13-6-3-2-4-7-13/h2-4,6-7,10,15H,5,9,11H2,1H3,(H,19,23). The predicted molar refractivity (Wildman–Crippen MR) is 88.1 cm³/mol. The number of aromatic nitrogens is 2. The highest BCUT2D eigenvalue weighted by Crippen LogP contribution is 2.27. The Labute approximate surface area is 139 Å². The second-order valence-corrected chi connectivity index (χ2v) is 5.50. The summed E-state index contributed by atoms with van der Waals surface area (Å²) in [7, 11) is 0. The lowest BCUT2D eigenvalue weighted by molar-refractivity contribution is -0.110. The van der Waals surface area contributed by atoms with E-state index in [0.29, 0.717) is 30.9 Å². The summed E-state index contributed by atoms with van der Waals surface area (Å²) in [5.74, 6) is 0.241. The van der Waals surface area contributed by atoms with Gasteiger partial charge in [-0.25, -0.2) is 4.68 Å². The van der Waals surface area contributed by atoms with Gasteiger partial charge in [0, 0.05) is 12.5 Å². The molecule has 1 unspecified atom stereocenters. The molecule has 1 aliphatic rings. The second-order valence-electron chi connectivity index (χ2n) is 5.50. The molecule has 7 heteroatoms. The molecule has 1 aromatic heterocycles. The van der Waals surface area contributed by atoms with Crippen molar-refractivity contribution >= 4 is 17.4 Å². The third kappa shape index (κ3) is 3.43. The number of anilines is 1. The molecule has 1 atom stereocenters. The van der Waals surface area contributed by atoms with E-state index in [0.717, 1.165) is 11.3 Å². The average molecular weight is 323 g/mol. The zero-order chi connectivity index (χ0) is 16.9. The van der Waals surface area contributed by atoms with E-state index in [-0.39, 0.29) is 12.0 Å². The van der Waals surface area contributed by atoms with Gasteiger partial charge >= 0.3 is 0 Å². The van der Waals surface area contributed by atoms with Gasteiger partial charge in [-0.1, -0.05) is 35.5 Å². The molecule has 7 nitrogen and oxygen atoms in total. The van der Waals surface area contributed by atoms with Crippen molar-refractivity contribution in [1.82, 2.24) is 9.78 Å². The Balaban J connectivity index is 1.65. The van der Waals surface area contributed by atoms with Gasteiger partial charge in [0.25, 0.3) is 5.91 Å². The molecule has 0 aliphatic carbocycles. The van der Waals surface area contributed by atoms with E-state index >= 15 is 0 Å². The normalized spacial score (nSPS) is 16.2. The molecule has 24 heavy (non-hydrogen) atoms. The van der Waals surface area contributed by atoms with Gasteiger partial charge in [-0.05, 0) is 12.5 Å². The van der Waals surface area contributed by atoms with Gasteiger partial charge in [-0.3, -0.25) is 4.79 Å². The smallest absolute Gasteiger partial charge is 0.274 e. The molecule has 1 amide bonds. The molecule has 0 bridgehead atoms. The molecule has 0 spiro atoms. The number of benzene rings is 1. The van der Waals surface area contributed by atoms with Gasteiger partial charge in [0.2, 0.25) is 0 Å². The Morgan fingerprint density at radius 1 is 1.46 bits per heavy atom. The summed E-state index contributed by atoms with van der Waals surface area (Å²) < 4.78 is 1.61. The number of nitriles is 1. The van der Waals surface area contributed by atoms with Crippen LogP contribution in [0.25, 0.3) is 0 Å². The van der Waals surface area contributed by atoms with Crippen LogP contribution in [-0.4, -0.2) is 21.4 Å². The highest BCUT2D eigenvalue weighted by molar-refractivity contribution is 6.43. The summed E-state index contributed by atoms with van der Waals surface area (Å²) in [6.45, 7) is 2.26. The molecule has 1 N–H and O–H groups in total. The van der Waals surface area contributed by atoms with Gasteiger partial charge in [0.1, 0.15) is 11.5 Å². The van der Waals surface area contributed by atoms with Crippen LogP contribution in [0.3, 0.4) is 0 Å². The summed E-state index contributed by atoms with van der Waals surface area (Å²) in [6.07, 6.45) is 0.503. The highest BCUT2D eigenvalue weighted by Gasteiger charge is 2.27. The molecule has 0 saturated heterocycles. The Hall–Kier alpha value is -3.14. The number of nitrogens with one attached hydrogen (secondary N) is 1. The van der Waals surface area contributed by atoms with Crippen LogP contribution in [0.2, 0.25) is 0 Å². The van der Waals surface area contributed by atoms with Crippen molar-refractivity contribution in [3.63, 3.8) is 0 Å². The van der Waals surface area contributed by atoms with Gasteiger partial charge < -0.3 is 10.2 Å². The minimum Gasteiger partial charge on any atom is -0.387 e. The lowest BCUT2D eigenvalue weighted by Gasteiger charge is -2.08. The van der Waals surface area contributed by atoms with Gasteiger partial charge in [-0.2, -0.15) is 10.4 Å². The Morgan fingerprint density at radius 2 is 2.25 bits per heavy atom. The number of aryl methyl sites for hydroxylation is 2. The SMILES string of the molecule is Cc1cc(NC(=O)C2=NOC(c3ccccc3)C2)n(CCC#N)n1. The lowest BCUT2D eigenvalue weighted by Crippen LogP contribution is -2.23. The lowest BCUT2D eigenvalue weighted by atomic mass is 10.0. The van der Waals surface area contributed by atoms with Crippen LogP contribution in [-0.2, 0) is 16.2 Å². The van der Waals surface area contributed by atoms with Crippen molar-refractivity contribution in [2.45, 2.75) is 32.4 Å². The molecule has 122 valence electrons. The van der Waals surface area contributed by atoms with E-state index in [1.54, 1.807) is 10.7 Å². The van der Waals surface area contributed by atoms with Crippen LogP contribution >= 0.6 is 0 Å². The molecule has 0 fully saturated rings. The molecule has 2 heterocycles. The van der Waals surface area contributed by atoms with Crippen molar-refractivity contribution < 1.29 is 9.63 Å². The minimum absolute atomic E-state index is 0.239. The maximum Gasteiger partial charge on any atom is 0.274 e. The van der Waals surface area contributed by atoms with Crippen LogP contribution in [0.15, 0.2) is 41.6 Å². The Bertz CT molecular complexity index is 804. The number of carbonyl (C=O) groups is 1.